The predicted molar refractivity (Wildman–Crippen MR) is 58.5 cm³/mol. The van der Waals surface area contributed by atoms with E-state index in [0.29, 0.717) is 15.8 Å². The van der Waals surface area contributed by atoms with E-state index in [9.17, 15) is 4.79 Å². The largest absolute Gasteiger partial charge is 0.270 e. The van der Waals surface area contributed by atoms with Crippen molar-refractivity contribution in [3.8, 4) is 0 Å². The summed E-state index contributed by atoms with van der Waals surface area (Å²) in [6.45, 7) is 0. The van der Waals surface area contributed by atoms with Gasteiger partial charge in [0.15, 0.2) is 5.65 Å². The molecular formula is C9H6N4OS. The normalized spacial score (nSPS) is 11.2. The zero-order valence-corrected chi connectivity index (χ0v) is 8.34. The third-order valence-electron chi connectivity index (χ3n) is 2.30. The van der Waals surface area contributed by atoms with Crippen LogP contribution in [0.1, 0.15) is 0 Å². The molecule has 0 aliphatic heterocycles. The van der Waals surface area contributed by atoms with Gasteiger partial charge in [-0.05, 0) is 18.3 Å². The molecule has 0 aliphatic carbocycles. The first kappa shape index (κ1) is 8.37. The number of rotatable bonds is 0. The van der Waals surface area contributed by atoms with Gasteiger partial charge < -0.3 is 0 Å². The van der Waals surface area contributed by atoms with Crippen LogP contribution in [0.3, 0.4) is 0 Å². The Bertz CT molecular complexity index is 767. The zero-order chi connectivity index (χ0) is 10.4. The van der Waals surface area contributed by atoms with Crippen molar-refractivity contribution in [2.45, 2.75) is 0 Å². The highest BCUT2D eigenvalue weighted by atomic mass is 32.1. The Morgan fingerprint density at radius 2 is 2.00 bits per heavy atom. The molecule has 0 fully saturated rings. The van der Waals surface area contributed by atoms with Crippen LogP contribution in [0.25, 0.3) is 16.4 Å². The smallest absolute Gasteiger partial charge is 0.267 e. The SMILES string of the molecule is O=c1[nH]n2c(=S)[nH]nc2c2ccccc12. The van der Waals surface area contributed by atoms with Gasteiger partial charge in [0, 0.05) is 5.39 Å². The van der Waals surface area contributed by atoms with Crippen molar-refractivity contribution in [2.24, 2.45) is 0 Å². The van der Waals surface area contributed by atoms with Crippen molar-refractivity contribution in [3.63, 3.8) is 0 Å². The lowest BCUT2D eigenvalue weighted by Gasteiger charge is -1.97. The van der Waals surface area contributed by atoms with E-state index >= 15 is 0 Å². The zero-order valence-electron chi connectivity index (χ0n) is 7.52. The molecule has 1 aromatic carbocycles. The molecule has 2 heterocycles. The molecule has 2 aromatic heterocycles. The lowest BCUT2D eigenvalue weighted by atomic mass is 10.2. The minimum absolute atomic E-state index is 0.171. The van der Waals surface area contributed by atoms with Gasteiger partial charge in [0.25, 0.3) is 5.56 Å². The third-order valence-corrected chi connectivity index (χ3v) is 2.57. The highest BCUT2D eigenvalue weighted by molar-refractivity contribution is 7.71. The topological polar surface area (TPSA) is 65.9 Å². The van der Waals surface area contributed by atoms with Gasteiger partial charge in [-0.3, -0.25) is 9.89 Å². The number of aromatic nitrogens is 4. The summed E-state index contributed by atoms with van der Waals surface area (Å²) in [6.07, 6.45) is 0. The third kappa shape index (κ3) is 1.05. The van der Waals surface area contributed by atoms with Gasteiger partial charge in [0.2, 0.25) is 4.77 Å². The summed E-state index contributed by atoms with van der Waals surface area (Å²) >= 11 is 4.98. The van der Waals surface area contributed by atoms with E-state index in [1.165, 1.54) is 4.52 Å². The fraction of sp³-hybridized carbons (Fsp3) is 0. The highest BCUT2D eigenvalue weighted by Gasteiger charge is 2.05. The first-order chi connectivity index (χ1) is 7.27. The van der Waals surface area contributed by atoms with Crippen molar-refractivity contribution >= 4 is 28.6 Å². The molecule has 74 valence electrons. The van der Waals surface area contributed by atoms with Gasteiger partial charge >= 0.3 is 0 Å². The first-order valence-corrected chi connectivity index (χ1v) is 4.76. The molecule has 15 heavy (non-hydrogen) atoms. The molecule has 2 N–H and O–H groups in total. The van der Waals surface area contributed by atoms with Crippen LogP contribution in [0.5, 0.6) is 0 Å². The quantitative estimate of drug-likeness (QED) is 0.558. The lowest BCUT2D eigenvalue weighted by molar-refractivity contribution is 0.894. The fourth-order valence-corrected chi connectivity index (χ4v) is 1.80. The molecule has 0 radical (unpaired) electrons. The molecule has 5 nitrogen and oxygen atoms in total. The number of H-pyrrole nitrogens is 2. The summed E-state index contributed by atoms with van der Waals surface area (Å²) in [4.78, 5) is 11.7. The van der Waals surface area contributed by atoms with Crippen LogP contribution in [-0.4, -0.2) is 19.8 Å². The molecular weight excluding hydrogens is 212 g/mol. The lowest BCUT2D eigenvalue weighted by Crippen LogP contribution is -2.11. The van der Waals surface area contributed by atoms with Crippen LogP contribution in [0.15, 0.2) is 29.1 Å². The van der Waals surface area contributed by atoms with E-state index in [-0.39, 0.29) is 5.56 Å². The van der Waals surface area contributed by atoms with Crippen molar-refractivity contribution < 1.29 is 0 Å². The van der Waals surface area contributed by atoms with Crippen molar-refractivity contribution in [2.75, 3.05) is 0 Å². The molecule has 0 saturated heterocycles. The van der Waals surface area contributed by atoms with Crippen molar-refractivity contribution in [1.29, 1.82) is 0 Å². The van der Waals surface area contributed by atoms with Crippen LogP contribution in [0.4, 0.5) is 0 Å². The van der Waals surface area contributed by atoms with Crippen LogP contribution in [0.2, 0.25) is 0 Å². The van der Waals surface area contributed by atoms with Gasteiger partial charge in [-0.1, -0.05) is 18.2 Å². The van der Waals surface area contributed by atoms with Gasteiger partial charge in [-0.15, -0.1) is 0 Å². The molecule has 0 spiro atoms. The highest BCUT2D eigenvalue weighted by Crippen LogP contribution is 2.12. The van der Waals surface area contributed by atoms with Gasteiger partial charge in [0.05, 0.1) is 5.39 Å². The maximum Gasteiger partial charge on any atom is 0.270 e. The minimum atomic E-state index is -0.171. The second kappa shape index (κ2) is 2.77. The van der Waals surface area contributed by atoms with E-state index in [1.54, 1.807) is 6.07 Å². The van der Waals surface area contributed by atoms with Crippen LogP contribution in [-0.2, 0) is 0 Å². The average Bonchev–Trinajstić information content (AvgIpc) is 2.62. The number of benzene rings is 1. The van der Waals surface area contributed by atoms with Crippen LogP contribution < -0.4 is 5.56 Å². The molecule has 3 rings (SSSR count). The van der Waals surface area contributed by atoms with E-state index < -0.39 is 0 Å². The minimum Gasteiger partial charge on any atom is -0.267 e. The second-order valence-corrected chi connectivity index (χ2v) is 3.56. The Morgan fingerprint density at radius 3 is 2.80 bits per heavy atom. The monoisotopic (exact) mass is 218 g/mol. The maximum atomic E-state index is 11.7. The first-order valence-electron chi connectivity index (χ1n) is 4.35. The van der Waals surface area contributed by atoms with E-state index in [4.69, 9.17) is 12.2 Å². The Morgan fingerprint density at radius 1 is 1.27 bits per heavy atom. The number of hydrogen-bond donors (Lipinski definition) is 2. The summed E-state index contributed by atoms with van der Waals surface area (Å²) < 4.78 is 1.85. The Hall–Kier alpha value is -1.95. The second-order valence-electron chi connectivity index (χ2n) is 3.17. The van der Waals surface area contributed by atoms with Gasteiger partial charge in [-0.2, -0.15) is 5.10 Å². The molecule has 0 atom stereocenters. The van der Waals surface area contributed by atoms with Crippen molar-refractivity contribution in [1.82, 2.24) is 19.8 Å². The average molecular weight is 218 g/mol. The van der Waals surface area contributed by atoms with Gasteiger partial charge in [-0.25, -0.2) is 9.61 Å². The number of hydrogen-bond acceptors (Lipinski definition) is 3. The van der Waals surface area contributed by atoms with E-state index in [1.807, 2.05) is 18.2 Å². The van der Waals surface area contributed by atoms with Crippen LogP contribution in [0, 0.1) is 4.77 Å². The predicted octanol–water partition coefficient (Wildman–Crippen LogP) is 1.23. The standard InChI is InChI=1S/C9H6N4OS/c14-8-6-4-2-1-3-5(6)7-10-11-9(15)13(7)12-8/h1-4H,(H,11,15)(H,12,14). The summed E-state index contributed by atoms with van der Waals surface area (Å²) in [7, 11) is 0. The summed E-state index contributed by atoms with van der Waals surface area (Å²) in [5, 5.41) is 10.7. The Balaban J connectivity index is 2.78. The Labute approximate surface area is 88.3 Å². The molecule has 0 aliphatic rings. The Kier molecular flexibility index (Phi) is 1.54. The number of aromatic amines is 2. The summed E-state index contributed by atoms with van der Waals surface area (Å²) in [5.41, 5.74) is 0.464. The molecule has 6 heteroatoms. The number of fused-ring (bicyclic) bond motifs is 3. The maximum absolute atomic E-state index is 11.7. The number of nitrogens with one attached hydrogen (secondary N) is 2. The van der Waals surface area contributed by atoms with Crippen molar-refractivity contribution in [3.05, 3.63) is 39.4 Å². The van der Waals surface area contributed by atoms with Gasteiger partial charge in [0.1, 0.15) is 0 Å². The molecule has 0 saturated carbocycles. The number of nitrogens with zero attached hydrogens (tertiary/aromatic N) is 2. The van der Waals surface area contributed by atoms with E-state index in [0.717, 1.165) is 5.39 Å². The molecule has 0 unspecified atom stereocenters. The van der Waals surface area contributed by atoms with E-state index in [2.05, 4.69) is 15.3 Å². The fourth-order valence-electron chi connectivity index (χ4n) is 1.62. The molecule has 3 aromatic rings. The summed E-state index contributed by atoms with van der Waals surface area (Å²) in [5.74, 6) is 0. The molecule has 0 amide bonds. The van der Waals surface area contributed by atoms with Crippen LogP contribution >= 0.6 is 12.2 Å². The summed E-state index contributed by atoms with van der Waals surface area (Å²) in [6, 6.07) is 7.27. The molecule has 0 bridgehead atoms.